The number of halogens is 3. The van der Waals surface area contributed by atoms with Crippen LogP contribution in [0.15, 0.2) is 30.5 Å². The van der Waals surface area contributed by atoms with Crippen molar-refractivity contribution in [3.05, 3.63) is 63.0 Å². The first kappa shape index (κ1) is 21.4. The van der Waals surface area contributed by atoms with E-state index in [1.165, 1.54) is 27.8 Å². The molecule has 30 heavy (non-hydrogen) atoms. The molecule has 0 aliphatic carbocycles. The van der Waals surface area contributed by atoms with Crippen LogP contribution in [-0.2, 0) is 23.8 Å². The van der Waals surface area contributed by atoms with Gasteiger partial charge < -0.3 is 11.1 Å². The topological polar surface area (TPSA) is 72.9 Å². The van der Waals surface area contributed by atoms with E-state index in [-0.39, 0.29) is 18.5 Å². The summed E-state index contributed by atoms with van der Waals surface area (Å²) in [5.41, 5.74) is 9.76. The number of thiophene rings is 1. The van der Waals surface area contributed by atoms with E-state index in [0.717, 1.165) is 47.2 Å². The van der Waals surface area contributed by atoms with Gasteiger partial charge in [-0.1, -0.05) is 28.7 Å². The molecule has 0 saturated heterocycles. The number of nitrogens with two attached hydrogens (primary N) is 1. The number of hydrogen-bond donors (Lipinski definition) is 2. The van der Waals surface area contributed by atoms with Crippen LogP contribution in [0.25, 0.3) is 11.3 Å². The summed E-state index contributed by atoms with van der Waals surface area (Å²) in [4.78, 5) is 14.7. The number of amides is 1. The van der Waals surface area contributed by atoms with Gasteiger partial charge in [0.25, 0.3) is 5.91 Å². The second-order valence-electron chi connectivity index (χ2n) is 7.28. The Balaban J connectivity index is 1.54. The minimum absolute atomic E-state index is 0.196. The van der Waals surface area contributed by atoms with Gasteiger partial charge in [0.2, 0.25) is 0 Å². The Kier molecular flexibility index (Phi) is 6.49. The highest BCUT2D eigenvalue weighted by Gasteiger charge is 2.24. The van der Waals surface area contributed by atoms with Crippen molar-refractivity contribution in [1.29, 1.82) is 0 Å². The third kappa shape index (κ3) is 4.28. The van der Waals surface area contributed by atoms with E-state index < -0.39 is 11.6 Å². The van der Waals surface area contributed by atoms with Crippen molar-refractivity contribution in [2.45, 2.75) is 36.3 Å². The molecule has 2 aromatic heterocycles. The zero-order valence-corrected chi connectivity index (χ0v) is 19.1. The van der Waals surface area contributed by atoms with E-state index in [1.54, 1.807) is 0 Å². The molecule has 0 spiro atoms. The first-order chi connectivity index (χ1) is 14.5. The summed E-state index contributed by atoms with van der Waals surface area (Å²) in [7, 11) is 0. The summed E-state index contributed by atoms with van der Waals surface area (Å²) in [6.45, 7) is 1.07. The molecule has 1 atom stereocenters. The van der Waals surface area contributed by atoms with Crippen molar-refractivity contribution in [3.63, 3.8) is 0 Å². The second-order valence-corrected chi connectivity index (χ2v) is 9.18. The number of aromatic nitrogens is 2. The van der Waals surface area contributed by atoms with Crippen molar-refractivity contribution >= 4 is 39.8 Å². The molecule has 158 valence electrons. The van der Waals surface area contributed by atoms with Crippen LogP contribution >= 0.6 is 33.9 Å². The average molecular weight is 542 g/mol. The molecule has 5 nitrogen and oxygen atoms in total. The summed E-state index contributed by atoms with van der Waals surface area (Å²) < 4.78 is 29.5. The Hall–Kier alpha value is -1.85. The molecule has 1 aliphatic rings. The van der Waals surface area contributed by atoms with Gasteiger partial charge in [0.05, 0.1) is 16.8 Å². The van der Waals surface area contributed by atoms with Crippen molar-refractivity contribution in [1.82, 2.24) is 15.1 Å². The summed E-state index contributed by atoms with van der Waals surface area (Å²) in [5.74, 6) is -2.00. The van der Waals surface area contributed by atoms with Gasteiger partial charge in [-0.2, -0.15) is 5.10 Å². The number of carbonyl (C=O) groups excluding carboxylic acids is 1. The lowest BCUT2D eigenvalue weighted by molar-refractivity contribution is 0.0942. The zero-order valence-electron chi connectivity index (χ0n) is 16.1. The summed E-state index contributed by atoms with van der Waals surface area (Å²) in [6.07, 6.45) is 4.12. The van der Waals surface area contributed by atoms with Crippen LogP contribution in [0.3, 0.4) is 0 Å². The number of nitrogens with one attached hydrogen (secondary N) is 1. The third-order valence-electron chi connectivity index (χ3n) is 5.21. The Labute approximate surface area is 190 Å². The van der Waals surface area contributed by atoms with Gasteiger partial charge in [-0.3, -0.25) is 9.48 Å². The molecular weight excluding hydrogens is 521 g/mol. The van der Waals surface area contributed by atoms with Crippen molar-refractivity contribution in [2.24, 2.45) is 5.73 Å². The fourth-order valence-corrected chi connectivity index (χ4v) is 5.38. The molecule has 0 fully saturated rings. The number of benzene rings is 1. The van der Waals surface area contributed by atoms with E-state index in [0.29, 0.717) is 16.9 Å². The van der Waals surface area contributed by atoms with Crippen LogP contribution in [0.5, 0.6) is 0 Å². The van der Waals surface area contributed by atoms with Gasteiger partial charge in [-0.15, -0.1) is 11.3 Å². The van der Waals surface area contributed by atoms with Crippen molar-refractivity contribution in [3.8, 4) is 11.3 Å². The van der Waals surface area contributed by atoms with Crippen molar-refractivity contribution in [2.75, 3.05) is 6.54 Å². The smallest absolute Gasteiger partial charge is 0.261 e. The SMILES string of the molecule is NC[C@H](Cc1ccc(F)c(F)c1)NC(=O)c1cc2c(s1)CCCn1ncc(CI)c1-2. The first-order valence-electron chi connectivity index (χ1n) is 9.68. The van der Waals surface area contributed by atoms with E-state index in [9.17, 15) is 13.6 Å². The molecule has 1 aromatic carbocycles. The Morgan fingerprint density at radius 1 is 1.33 bits per heavy atom. The molecule has 0 unspecified atom stereocenters. The van der Waals surface area contributed by atoms with Crippen LogP contribution in [0.1, 0.15) is 32.1 Å². The third-order valence-corrected chi connectivity index (χ3v) is 7.22. The van der Waals surface area contributed by atoms with Crippen molar-refractivity contribution < 1.29 is 13.6 Å². The molecule has 0 radical (unpaired) electrons. The number of nitrogens with zero attached hydrogens (tertiary/aromatic N) is 2. The number of aryl methyl sites for hydroxylation is 2. The van der Waals surface area contributed by atoms with Gasteiger partial charge in [0, 0.05) is 39.6 Å². The highest BCUT2D eigenvalue weighted by Crippen LogP contribution is 2.37. The standard InChI is InChI=1S/C21H21F2IN4OS/c22-16-4-3-12(7-17(16)23)6-14(10-25)27-21(29)19-8-15-18(30-19)2-1-5-28-20(15)13(9-24)11-26-28/h3-4,7-8,11,14H,1-2,5-6,9-10,25H2,(H,27,29)/t14-/m0/s1. The lowest BCUT2D eigenvalue weighted by atomic mass is 10.1. The van der Waals surface area contributed by atoms with Crippen LogP contribution in [-0.4, -0.2) is 28.3 Å². The fourth-order valence-electron chi connectivity index (χ4n) is 3.72. The molecule has 0 saturated carbocycles. The Morgan fingerprint density at radius 3 is 2.90 bits per heavy atom. The lowest BCUT2D eigenvalue weighted by Gasteiger charge is -2.16. The summed E-state index contributed by atoms with van der Waals surface area (Å²) in [5, 5.41) is 7.45. The molecule has 0 bridgehead atoms. The average Bonchev–Trinajstić information content (AvgIpc) is 3.30. The van der Waals surface area contributed by atoms with E-state index in [4.69, 9.17) is 5.73 Å². The van der Waals surface area contributed by atoms with Gasteiger partial charge in [-0.25, -0.2) is 8.78 Å². The second kappa shape index (κ2) is 9.11. The van der Waals surface area contributed by atoms with Crippen LogP contribution in [0, 0.1) is 11.6 Å². The Morgan fingerprint density at radius 2 is 2.17 bits per heavy atom. The molecule has 3 aromatic rings. The van der Waals surface area contributed by atoms with Gasteiger partial charge in [0.15, 0.2) is 11.6 Å². The van der Waals surface area contributed by atoms with Crippen LogP contribution < -0.4 is 11.1 Å². The molecular formula is C21H21F2IN4OS. The largest absolute Gasteiger partial charge is 0.347 e. The molecule has 4 rings (SSSR count). The number of rotatable bonds is 6. The Bertz CT molecular complexity index is 1080. The highest BCUT2D eigenvalue weighted by molar-refractivity contribution is 14.1. The molecule has 3 heterocycles. The normalized spacial score (nSPS) is 14.0. The highest BCUT2D eigenvalue weighted by atomic mass is 127. The number of alkyl halides is 1. The predicted molar refractivity (Wildman–Crippen MR) is 122 cm³/mol. The lowest BCUT2D eigenvalue weighted by Crippen LogP contribution is -2.41. The maximum Gasteiger partial charge on any atom is 0.261 e. The minimum Gasteiger partial charge on any atom is -0.347 e. The minimum atomic E-state index is -0.903. The van der Waals surface area contributed by atoms with Gasteiger partial charge >= 0.3 is 0 Å². The zero-order chi connectivity index (χ0) is 21.3. The molecule has 9 heteroatoms. The van der Waals surface area contributed by atoms with Crippen LogP contribution in [0.2, 0.25) is 0 Å². The van der Waals surface area contributed by atoms with E-state index >= 15 is 0 Å². The number of carbonyl (C=O) groups is 1. The number of hydrogen-bond acceptors (Lipinski definition) is 4. The molecule has 3 N–H and O–H groups in total. The first-order valence-corrected chi connectivity index (χ1v) is 12.0. The summed E-state index contributed by atoms with van der Waals surface area (Å²) >= 11 is 3.83. The molecule has 1 aliphatic heterocycles. The quantitative estimate of drug-likeness (QED) is 0.365. The predicted octanol–water partition coefficient (Wildman–Crippen LogP) is 4.07. The summed E-state index contributed by atoms with van der Waals surface area (Å²) in [6, 6.07) is 5.30. The molecule has 1 amide bonds. The number of fused-ring (bicyclic) bond motifs is 3. The fraction of sp³-hybridized carbons (Fsp3) is 0.333. The van der Waals surface area contributed by atoms with E-state index in [2.05, 4.69) is 33.0 Å². The maximum atomic E-state index is 13.5. The van der Waals surface area contributed by atoms with Gasteiger partial charge in [-0.05, 0) is 43.0 Å². The van der Waals surface area contributed by atoms with Gasteiger partial charge in [0.1, 0.15) is 0 Å². The van der Waals surface area contributed by atoms with Crippen LogP contribution in [0.4, 0.5) is 8.78 Å². The maximum absolute atomic E-state index is 13.5. The monoisotopic (exact) mass is 542 g/mol. The van der Waals surface area contributed by atoms with E-state index in [1.807, 2.05) is 16.9 Å².